The molecule has 7 heteroatoms. The lowest BCUT2D eigenvalue weighted by Crippen LogP contribution is -2.42. The summed E-state index contributed by atoms with van der Waals surface area (Å²) >= 11 is 1.40. The molecule has 0 bridgehead atoms. The van der Waals surface area contributed by atoms with Crippen LogP contribution in [-0.2, 0) is 10.2 Å². The lowest BCUT2D eigenvalue weighted by molar-refractivity contribution is -0.120. The van der Waals surface area contributed by atoms with Crippen molar-refractivity contribution in [3.8, 4) is 0 Å². The molecule has 0 unspecified atom stereocenters. The highest BCUT2D eigenvalue weighted by Gasteiger charge is 2.38. The zero-order chi connectivity index (χ0) is 21.0. The van der Waals surface area contributed by atoms with Gasteiger partial charge in [0.15, 0.2) is 0 Å². The van der Waals surface area contributed by atoms with Gasteiger partial charge in [0.25, 0.3) is 5.91 Å². The van der Waals surface area contributed by atoms with E-state index in [0.29, 0.717) is 24.3 Å². The summed E-state index contributed by atoms with van der Waals surface area (Å²) in [6, 6.07) is 9.88. The Morgan fingerprint density at radius 3 is 2.52 bits per heavy atom. The molecule has 1 fully saturated rings. The number of thiazole rings is 1. The third kappa shape index (κ3) is 5.03. The molecule has 1 saturated carbocycles. The summed E-state index contributed by atoms with van der Waals surface area (Å²) in [5.41, 5.74) is 1.60. The fraction of sp³-hybridized carbons (Fsp3) is 0.500. The number of aromatic nitrogens is 1. The van der Waals surface area contributed by atoms with Gasteiger partial charge in [-0.2, -0.15) is 0 Å². The van der Waals surface area contributed by atoms with Gasteiger partial charge in [-0.1, -0.05) is 30.3 Å². The quantitative estimate of drug-likeness (QED) is 0.655. The highest BCUT2D eigenvalue weighted by molar-refractivity contribution is 7.13. The summed E-state index contributed by atoms with van der Waals surface area (Å²) in [6.07, 6.45) is 2.12. The minimum absolute atomic E-state index is 0.105. The maximum atomic E-state index is 12.8. The standard InChI is InChI=1S/C22H29N3O3S/c1-14-20(29-16(3)24-14)21(28)23-13-22(17-7-5-4-6-8-17)11-9-18(25-15(2)26)19(27)10-12-22/h4-8,18-19,27H,9-13H2,1-3H3,(H,23,28)(H,25,26)/t18-,19-,22-/m0/s1. The maximum Gasteiger partial charge on any atom is 0.263 e. The van der Waals surface area contributed by atoms with Crippen LogP contribution >= 0.6 is 11.3 Å². The average molecular weight is 416 g/mol. The van der Waals surface area contributed by atoms with E-state index in [1.54, 1.807) is 0 Å². The maximum absolute atomic E-state index is 12.8. The second kappa shape index (κ2) is 9.05. The second-order valence-corrected chi connectivity index (χ2v) is 9.13. The number of aryl methyl sites for hydroxylation is 2. The molecular weight excluding hydrogens is 386 g/mol. The number of hydrogen-bond donors (Lipinski definition) is 3. The molecule has 1 aromatic heterocycles. The van der Waals surface area contributed by atoms with Crippen molar-refractivity contribution < 1.29 is 14.7 Å². The predicted octanol–water partition coefficient (Wildman–Crippen LogP) is 2.87. The Bertz CT molecular complexity index is 867. The first-order valence-corrected chi connectivity index (χ1v) is 10.9. The van der Waals surface area contributed by atoms with Crippen LogP contribution < -0.4 is 10.6 Å². The van der Waals surface area contributed by atoms with Crippen molar-refractivity contribution in [2.45, 2.75) is 64.0 Å². The van der Waals surface area contributed by atoms with Crippen LogP contribution in [0.25, 0.3) is 0 Å². The van der Waals surface area contributed by atoms with E-state index in [0.717, 1.165) is 29.1 Å². The molecule has 2 amide bonds. The van der Waals surface area contributed by atoms with Crippen molar-refractivity contribution >= 4 is 23.2 Å². The van der Waals surface area contributed by atoms with Gasteiger partial charge in [0.2, 0.25) is 5.91 Å². The zero-order valence-electron chi connectivity index (χ0n) is 17.2. The molecule has 1 aromatic carbocycles. The number of benzene rings is 1. The number of rotatable bonds is 5. The predicted molar refractivity (Wildman–Crippen MR) is 114 cm³/mol. The highest BCUT2D eigenvalue weighted by atomic mass is 32.1. The van der Waals surface area contributed by atoms with Crippen molar-refractivity contribution in [3.63, 3.8) is 0 Å². The SMILES string of the molecule is CC(=O)N[C@H]1CC[C@](CNC(=O)c2sc(C)nc2C)(c2ccccc2)CC[C@@H]1O. The minimum Gasteiger partial charge on any atom is -0.391 e. The third-order valence-corrected chi connectivity index (χ3v) is 6.86. The molecule has 3 N–H and O–H groups in total. The highest BCUT2D eigenvalue weighted by Crippen LogP contribution is 2.38. The van der Waals surface area contributed by atoms with E-state index in [2.05, 4.69) is 27.8 Å². The van der Waals surface area contributed by atoms with Gasteiger partial charge in [-0.3, -0.25) is 9.59 Å². The normalized spacial score (nSPS) is 24.6. The van der Waals surface area contributed by atoms with Gasteiger partial charge in [-0.25, -0.2) is 4.98 Å². The number of carbonyl (C=O) groups excluding carboxylic acids is 2. The number of hydrogen-bond acceptors (Lipinski definition) is 5. The van der Waals surface area contributed by atoms with E-state index >= 15 is 0 Å². The summed E-state index contributed by atoms with van der Waals surface area (Å²) in [5, 5.41) is 17.4. The van der Waals surface area contributed by atoms with Gasteiger partial charge >= 0.3 is 0 Å². The molecule has 29 heavy (non-hydrogen) atoms. The summed E-state index contributed by atoms with van der Waals surface area (Å²) in [6.45, 7) is 5.70. The third-order valence-electron chi connectivity index (χ3n) is 5.79. The molecule has 1 heterocycles. The fourth-order valence-electron chi connectivity index (χ4n) is 4.23. The first-order chi connectivity index (χ1) is 13.8. The Hall–Kier alpha value is -2.25. The number of nitrogens with zero attached hydrogens (tertiary/aromatic N) is 1. The van der Waals surface area contributed by atoms with Crippen LogP contribution in [0.5, 0.6) is 0 Å². The van der Waals surface area contributed by atoms with Crippen LogP contribution in [0, 0.1) is 13.8 Å². The molecular formula is C22H29N3O3S. The molecule has 0 saturated heterocycles. The Balaban J connectivity index is 1.82. The number of nitrogens with one attached hydrogen (secondary N) is 2. The number of aliphatic hydroxyl groups is 1. The molecule has 6 nitrogen and oxygen atoms in total. The van der Waals surface area contributed by atoms with Crippen molar-refractivity contribution in [2.24, 2.45) is 0 Å². The molecule has 1 aliphatic rings. The molecule has 156 valence electrons. The summed E-state index contributed by atoms with van der Waals surface area (Å²) in [5.74, 6) is -0.239. The topological polar surface area (TPSA) is 91.3 Å². The summed E-state index contributed by atoms with van der Waals surface area (Å²) < 4.78 is 0. The van der Waals surface area contributed by atoms with Gasteiger partial charge in [0.1, 0.15) is 4.88 Å². The minimum atomic E-state index is -0.591. The molecule has 1 aliphatic carbocycles. The van der Waals surface area contributed by atoms with Crippen molar-refractivity contribution in [1.29, 1.82) is 0 Å². The van der Waals surface area contributed by atoms with Crippen LogP contribution in [0.15, 0.2) is 30.3 Å². The molecule has 0 aliphatic heterocycles. The molecule has 0 spiro atoms. The molecule has 3 atom stereocenters. The van der Waals surface area contributed by atoms with Gasteiger partial charge in [0, 0.05) is 18.9 Å². The smallest absolute Gasteiger partial charge is 0.263 e. The molecule has 2 aromatic rings. The van der Waals surface area contributed by atoms with Gasteiger partial charge in [0.05, 0.1) is 22.8 Å². The van der Waals surface area contributed by atoms with Gasteiger partial charge in [-0.15, -0.1) is 11.3 Å². The van der Waals surface area contributed by atoms with E-state index in [1.165, 1.54) is 18.3 Å². The Kier molecular flexibility index (Phi) is 6.70. The lowest BCUT2D eigenvalue weighted by atomic mass is 9.74. The Morgan fingerprint density at radius 1 is 1.21 bits per heavy atom. The summed E-state index contributed by atoms with van der Waals surface area (Å²) in [7, 11) is 0. The zero-order valence-corrected chi connectivity index (χ0v) is 18.0. The number of aliphatic hydroxyl groups excluding tert-OH is 1. The number of carbonyl (C=O) groups is 2. The van der Waals surface area contributed by atoms with Crippen molar-refractivity contribution in [2.75, 3.05) is 6.54 Å². The van der Waals surface area contributed by atoms with Crippen LogP contribution in [0.4, 0.5) is 0 Å². The van der Waals surface area contributed by atoms with E-state index in [1.807, 2.05) is 32.0 Å². The first kappa shape index (κ1) is 21.5. The molecule has 0 radical (unpaired) electrons. The first-order valence-electron chi connectivity index (χ1n) is 10.0. The van der Waals surface area contributed by atoms with Crippen LogP contribution in [0.1, 0.15) is 58.5 Å². The van der Waals surface area contributed by atoms with Crippen LogP contribution in [0.3, 0.4) is 0 Å². The van der Waals surface area contributed by atoms with Gasteiger partial charge < -0.3 is 15.7 Å². The van der Waals surface area contributed by atoms with Gasteiger partial charge in [-0.05, 0) is 45.1 Å². The average Bonchev–Trinajstić information content (AvgIpc) is 2.95. The largest absolute Gasteiger partial charge is 0.391 e. The Morgan fingerprint density at radius 2 is 1.90 bits per heavy atom. The molecule has 3 rings (SSSR count). The monoisotopic (exact) mass is 415 g/mol. The van der Waals surface area contributed by atoms with E-state index in [9.17, 15) is 14.7 Å². The fourth-order valence-corrected chi connectivity index (χ4v) is 5.07. The Labute approximate surface area is 175 Å². The van der Waals surface area contributed by atoms with Crippen LogP contribution in [-0.4, -0.2) is 40.6 Å². The van der Waals surface area contributed by atoms with Crippen molar-refractivity contribution in [3.05, 3.63) is 51.5 Å². The van der Waals surface area contributed by atoms with Crippen LogP contribution in [0.2, 0.25) is 0 Å². The number of amides is 2. The van der Waals surface area contributed by atoms with E-state index in [-0.39, 0.29) is 23.3 Å². The van der Waals surface area contributed by atoms with E-state index < -0.39 is 6.10 Å². The lowest BCUT2D eigenvalue weighted by Gasteiger charge is -2.34. The van der Waals surface area contributed by atoms with E-state index in [4.69, 9.17) is 0 Å². The van der Waals surface area contributed by atoms with Crippen molar-refractivity contribution in [1.82, 2.24) is 15.6 Å². The second-order valence-electron chi connectivity index (χ2n) is 7.93. The summed E-state index contributed by atoms with van der Waals surface area (Å²) in [4.78, 5) is 29.3.